The Morgan fingerprint density at radius 3 is 1.79 bits per heavy atom. The molecule has 48 heavy (non-hydrogen) atoms. The first-order valence-electron chi connectivity index (χ1n) is 15.0. The molecule has 0 saturated carbocycles. The average molecular weight is 716 g/mol. The summed E-state index contributed by atoms with van der Waals surface area (Å²) >= 11 is 2.26. The van der Waals surface area contributed by atoms with Crippen molar-refractivity contribution in [1.29, 1.82) is 0 Å². The molecule has 2 aromatic heterocycles. The lowest BCUT2D eigenvalue weighted by Crippen LogP contribution is -2.34. The van der Waals surface area contributed by atoms with E-state index >= 15 is 0 Å². The normalized spacial score (nSPS) is 11.5. The molecule has 14 nitrogen and oxygen atoms in total. The van der Waals surface area contributed by atoms with E-state index in [4.69, 9.17) is 9.47 Å². The van der Waals surface area contributed by atoms with E-state index in [1.54, 1.807) is 45.0 Å². The third-order valence-corrected chi connectivity index (χ3v) is 9.66. The van der Waals surface area contributed by atoms with Gasteiger partial charge in [-0.3, -0.25) is 9.59 Å². The van der Waals surface area contributed by atoms with Gasteiger partial charge in [0.25, 0.3) is 0 Å². The fourth-order valence-corrected chi connectivity index (χ4v) is 7.01. The number of hydrogen-bond donors (Lipinski definition) is 3. The van der Waals surface area contributed by atoms with Crippen LogP contribution in [0, 0.1) is 0 Å². The number of nitrogens with zero attached hydrogens (tertiary/aromatic N) is 4. The van der Waals surface area contributed by atoms with Crippen LogP contribution in [0.15, 0.2) is 54.6 Å². The van der Waals surface area contributed by atoms with Crippen LogP contribution in [0.25, 0.3) is 0 Å². The summed E-state index contributed by atoms with van der Waals surface area (Å²) in [5, 5.41) is 25.5. The average Bonchev–Trinajstić information content (AvgIpc) is 3.67. The van der Waals surface area contributed by atoms with Crippen molar-refractivity contribution in [1.82, 2.24) is 25.7 Å². The van der Waals surface area contributed by atoms with E-state index in [9.17, 15) is 22.8 Å². The molecule has 4 rings (SSSR count). The minimum absolute atomic E-state index is 0.0911. The van der Waals surface area contributed by atoms with Gasteiger partial charge in [0.1, 0.15) is 28.0 Å². The van der Waals surface area contributed by atoms with Gasteiger partial charge in [0.15, 0.2) is 9.84 Å². The molecule has 0 bridgehead atoms. The standard InChI is InChI=1S/C31H37N7O7S3/c1-31(2,3)45-30(41)32-15-16-44-23-11-9-22(10-12-23)20-25(40)34-29-38-36-27(47-29)14-18-48(42,43)17-13-26-35-37-28(46-26)33-24(39)19-21-7-5-4-6-8-21/h4-12H,13-20H2,1-3H3,(H,32,41)(H,33,37,39)(H,34,38,40). The van der Waals surface area contributed by atoms with Gasteiger partial charge in [0, 0.05) is 12.8 Å². The van der Waals surface area contributed by atoms with Crippen LogP contribution in [-0.4, -0.2) is 77.0 Å². The lowest BCUT2D eigenvalue weighted by Gasteiger charge is -2.19. The first kappa shape index (κ1) is 36.4. The van der Waals surface area contributed by atoms with E-state index in [0.717, 1.165) is 33.8 Å². The van der Waals surface area contributed by atoms with Gasteiger partial charge in [0.05, 0.1) is 30.9 Å². The molecule has 256 valence electrons. The summed E-state index contributed by atoms with van der Waals surface area (Å²) in [6.07, 6.45) is 0.101. The second kappa shape index (κ2) is 17.1. The largest absolute Gasteiger partial charge is 0.492 e. The van der Waals surface area contributed by atoms with Crippen molar-refractivity contribution in [2.45, 2.75) is 52.1 Å². The first-order chi connectivity index (χ1) is 22.8. The van der Waals surface area contributed by atoms with Crippen molar-refractivity contribution in [3.8, 4) is 5.75 Å². The molecule has 0 radical (unpaired) electrons. The number of sulfone groups is 1. The monoisotopic (exact) mass is 715 g/mol. The Kier molecular flexibility index (Phi) is 12.9. The number of benzene rings is 2. The fraction of sp³-hybridized carbons (Fsp3) is 0.387. The predicted molar refractivity (Wildman–Crippen MR) is 183 cm³/mol. The molecule has 0 atom stereocenters. The molecule has 3 N–H and O–H groups in total. The van der Waals surface area contributed by atoms with Crippen LogP contribution < -0.4 is 20.7 Å². The molecule has 2 heterocycles. The van der Waals surface area contributed by atoms with Gasteiger partial charge in [-0.1, -0.05) is 65.1 Å². The minimum Gasteiger partial charge on any atom is -0.492 e. The zero-order valence-electron chi connectivity index (χ0n) is 26.7. The summed E-state index contributed by atoms with van der Waals surface area (Å²) in [5.74, 6) is -0.208. The van der Waals surface area contributed by atoms with E-state index in [1.807, 2.05) is 30.3 Å². The maximum Gasteiger partial charge on any atom is 0.407 e. The van der Waals surface area contributed by atoms with Crippen molar-refractivity contribution in [2.24, 2.45) is 0 Å². The van der Waals surface area contributed by atoms with Gasteiger partial charge in [-0.05, 0) is 44.0 Å². The minimum atomic E-state index is -3.44. The third kappa shape index (κ3) is 13.3. The van der Waals surface area contributed by atoms with Gasteiger partial charge in [-0.2, -0.15) is 0 Å². The summed E-state index contributed by atoms with van der Waals surface area (Å²) in [4.78, 5) is 36.5. The molecule has 4 aromatic rings. The maximum atomic E-state index is 12.7. The molecule has 0 aliphatic heterocycles. The van der Waals surface area contributed by atoms with Crippen LogP contribution in [0.3, 0.4) is 0 Å². The number of nitrogens with one attached hydrogen (secondary N) is 3. The molecule has 17 heteroatoms. The molecule has 0 aliphatic rings. The van der Waals surface area contributed by atoms with Crippen LogP contribution in [-0.2, 0) is 49.8 Å². The summed E-state index contributed by atoms with van der Waals surface area (Å²) < 4.78 is 36.1. The van der Waals surface area contributed by atoms with Crippen LogP contribution in [0.5, 0.6) is 5.75 Å². The highest BCUT2D eigenvalue weighted by Crippen LogP contribution is 2.20. The highest BCUT2D eigenvalue weighted by molar-refractivity contribution is 7.91. The van der Waals surface area contributed by atoms with Crippen LogP contribution >= 0.6 is 22.7 Å². The Labute approximate surface area is 286 Å². The number of carbonyl (C=O) groups is 3. The van der Waals surface area contributed by atoms with Crippen molar-refractivity contribution < 1.29 is 32.3 Å². The maximum absolute atomic E-state index is 12.7. The number of anilines is 2. The van der Waals surface area contributed by atoms with Gasteiger partial charge in [-0.15, -0.1) is 20.4 Å². The Hall–Kier alpha value is -4.48. The second-order valence-corrected chi connectivity index (χ2v) is 15.9. The number of hydrogen-bond acceptors (Lipinski definition) is 13. The van der Waals surface area contributed by atoms with Crippen LogP contribution in [0.4, 0.5) is 15.1 Å². The molecule has 3 amide bonds. The number of alkyl carbamates (subject to hydrolysis) is 1. The van der Waals surface area contributed by atoms with Gasteiger partial charge in [0.2, 0.25) is 22.1 Å². The molecule has 0 saturated heterocycles. The van der Waals surface area contributed by atoms with Crippen LogP contribution in [0.1, 0.15) is 41.9 Å². The first-order valence-corrected chi connectivity index (χ1v) is 18.4. The molecular formula is C31H37N7O7S3. The van der Waals surface area contributed by atoms with Crippen LogP contribution in [0.2, 0.25) is 0 Å². The molecule has 2 aromatic carbocycles. The van der Waals surface area contributed by atoms with E-state index < -0.39 is 21.5 Å². The Bertz CT molecular complexity index is 1770. The van der Waals surface area contributed by atoms with Gasteiger partial charge < -0.3 is 25.4 Å². The van der Waals surface area contributed by atoms with E-state index in [2.05, 4.69) is 36.3 Å². The van der Waals surface area contributed by atoms with Gasteiger partial charge >= 0.3 is 6.09 Å². The number of ether oxygens (including phenoxy) is 2. The number of rotatable bonds is 16. The molecule has 0 spiro atoms. The number of amides is 3. The number of aryl methyl sites for hydroxylation is 2. The quantitative estimate of drug-likeness (QED) is 0.143. The third-order valence-electron chi connectivity index (χ3n) is 6.21. The topological polar surface area (TPSA) is 191 Å². The Morgan fingerprint density at radius 2 is 1.27 bits per heavy atom. The Balaban J connectivity index is 1.13. The zero-order chi connectivity index (χ0) is 34.6. The van der Waals surface area contributed by atoms with Crippen molar-refractivity contribution in [3.05, 3.63) is 75.7 Å². The SMILES string of the molecule is CC(C)(C)OC(=O)NCCOc1ccc(CC(=O)Nc2nnc(CCS(=O)(=O)CCc3nnc(NC(=O)Cc4ccccc4)s3)s2)cc1. The predicted octanol–water partition coefficient (Wildman–Crippen LogP) is 3.86. The van der Waals surface area contributed by atoms with Crippen molar-refractivity contribution >= 4 is 60.7 Å². The zero-order valence-corrected chi connectivity index (χ0v) is 29.2. The summed E-state index contributed by atoms with van der Waals surface area (Å²) in [7, 11) is -3.44. The van der Waals surface area contributed by atoms with E-state index in [1.165, 1.54) is 0 Å². The van der Waals surface area contributed by atoms with E-state index in [-0.39, 0.29) is 67.3 Å². The highest BCUT2D eigenvalue weighted by Gasteiger charge is 2.18. The van der Waals surface area contributed by atoms with E-state index in [0.29, 0.717) is 20.9 Å². The lowest BCUT2D eigenvalue weighted by atomic mass is 10.1. The fourth-order valence-electron chi connectivity index (χ4n) is 4.03. The summed E-state index contributed by atoms with van der Waals surface area (Å²) in [6, 6.07) is 16.3. The molecule has 0 unspecified atom stereocenters. The van der Waals surface area contributed by atoms with Crippen molar-refractivity contribution in [2.75, 3.05) is 35.3 Å². The van der Waals surface area contributed by atoms with Crippen molar-refractivity contribution in [3.63, 3.8) is 0 Å². The molecule has 0 fully saturated rings. The number of carbonyl (C=O) groups excluding carboxylic acids is 3. The summed E-state index contributed by atoms with van der Waals surface area (Å²) in [5.41, 5.74) is 1.04. The molecular weight excluding hydrogens is 679 g/mol. The highest BCUT2D eigenvalue weighted by atomic mass is 32.2. The second-order valence-electron chi connectivity index (χ2n) is 11.5. The molecule has 0 aliphatic carbocycles. The smallest absolute Gasteiger partial charge is 0.407 e. The lowest BCUT2D eigenvalue weighted by molar-refractivity contribution is -0.116. The summed E-state index contributed by atoms with van der Waals surface area (Å²) in [6.45, 7) is 5.88. The Morgan fingerprint density at radius 1 is 0.750 bits per heavy atom. The van der Waals surface area contributed by atoms with Gasteiger partial charge in [-0.25, -0.2) is 13.2 Å². The number of aromatic nitrogens is 4.